The lowest BCUT2D eigenvalue weighted by molar-refractivity contribution is 0.429. The minimum Gasteiger partial charge on any atom is -0.262 e. The number of pyridine rings is 1. The molecule has 0 amide bonds. The van der Waals surface area contributed by atoms with E-state index in [1.54, 1.807) is 6.20 Å². The minimum atomic E-state index is 0.551. The minimum absolute atomic E-state index is 0.551. The van der Waals surface area contributed by atoms with Crippen LogP contribution in [-0.2, 0) is 0 Å². The average Bonchev–Trinajstić information content (AvgIpc) is 2.90. The molecule has 5 heteroatoms. The molecule has 4 nitrogen and oxygen atoms in total. The number of halogens is 1. The monoisotopic (exact) mass is 306 g/mol. The summed E-state index contributed by atoms with van der Waals surface area (Å²) in [7, 11) is 0. The first-order valence-corrected chi connectivity index (χ1v) is 7.16. The third kappa shape index (κ3) is 2.46. The summed E-state index contributed by atoms with van der Waals surface area (Å²) in [6.07, 6.45) is 8.18. The van der Waals surface area contributed by atoms with Crippen LogP contribution in [0, 0.1) is 0 Å². The van der Waals surface area contributed by atoms with Crippen molar-refractivity contribution in [2.45, 2.75) is 38.0 Å². The molecule has 1 saturated carbocycles. The Bertz CT molecular complexity index is 514. The molecule has 2 aromatic heterocycles. The second kappa shape index (κ2) is 5.18. The van der Waals surface area contributed by atoms with Gasteiger partial charge in [-0.25, -0.2) is 4.98 Å². The summed E-state index contributed by atoms with van der Waals surface area (Å²) in [5.74, 6) is 2.27. The molecule has 1 aliphatic carbocycles. The fourth-order valence-electron chi connectivity index (χ4n) is 2.46. The Labute approximate surface area is 114 Å². The van der Waals surface area contributed by atoms with Gasteiger partial charge in [0.2, 0.25) is 0 Å². The zero-order chi connectivity index (χ0) is 12.4. The van der Waals surface area contributed by atoms with Crippen molar-refractivity contribution >= 4 is 15.9 Å². The van der Waals surface area contributed by atoms with Gasteiger partial charge >= 0.3 is 0 Å². The van der Waals surface area contributed by atoms with Crippen LogP contribution in [0.25, 0.3) is 11.5 Å². The number of rotatable bonds is 2. The van der Waals surface area contributed by atoms with Crippen LogP contribution < -0.4 is 0 Å². The summed E-state index contributed by atoms with van der Waals surface area (Å²) in [4.78, 5) is 8.90. The smallest absolute Gasteiger partial charge is 0.199 e. The van der Waals surface area contributed by atoms with Crippen molar-refractivity contribution in [2.75, 3.05) is 0 Å². The van der Waals surface area contributed by atoms with Gasteiger partial charge in [-0.2, -0.15) is 5.10 Å². The standard InChI is InChI=1S/C13H15BrN4/c14-10-6-7-11(15-8-10)13-16-12(17-18-13)9-4-2-1-3-5-9/h6-9H,1-5H2,(H,16,17,18). The molecule has 0 radical (unpaired) electrons. The van der Waals surface area contributed by atoms with E-state index >= 15 is 0 Å². The van der Waals surface area contributed by atoms with Gasteiger partial charge in [0.05, 0.1) is 0 Å². The van der Waals surface area contributed by atoms with E-state index in [1.807, 2.05) is 12.1 Å². The summed E-state index contributed by atoms with van der Waals surface area (Å²) < 4.78 is 0.967. The van der Waals surface area contributed by atoms with Crippen LogP contribution in [0.5, 0.6) is 0 Å². The van der Waals surface area contributed by atoms with Gasteiger partial charge in [-0.05, 0) is 40.9 Å². The van der Waals surface area contributed by atoms with Crippen molar-refractivity contribution in [1.82, 2.24) is 20.2 Å². The topological polar surface area (TPSA) is 54.5 Å². The van der Waals surface area contributed by atoms with E-state index < -0.39 is 0 Å². The Morgan fingerprint density at radius 3 is 2.72 bits per heavy atom. The summed E-state index contributed by atoms with van der Waals surface area (Å²) in [5, 5.41) is 7.35. The lowest BCUT2D eigenvalue weighted by atomic mass is 9.89. The number of H-pyrrole nitrogens is 1. The summed E-state index contributed by atoms with van der Waals surface area (Å²) in [6, 6.07) is 3.89. The van der Waals surface area contributed by atoms with E-state index in [1.165, 1.54) is 32.1 Å². The maximum absolute atomic E-state index is 4.59. The molecule has 18 heavy (non-hydrogen) atoms. The molecule has 0 saturated heterocycles. The van der Waals surface area contributed by atoms with Gasteiger partial charge in [0, 0.05) is 16.6 Å². The zero-order valence-corrected chi connectivity index (χ0v) is 11.7. The van der Waals surface area contributed by atoms with E-state index in [0.29, 0.717) is 11.7 Å². The first kappa shape index (κ1) is 11.8. The lowest BCUT2D eigenvalue weighted by Gasteiger charge is -2.18. The Morgan fingerprint density at radius 1 is 1.17 bits per heavy atom. The molecular formula is C13H15BrN4. The molecule has 0 unspecified atom stereocenters. The largest absolute Gasteiger partial charge is 0.262 e. The van der Waals surface area contributed by atoms with Gasteiger partial charge in [0.25, 0.3) is 0 Å². The summed E-state index contributed by atoms with van der Waals surface area (Å²) in [6.45, 7) is 0. The van der Waals surface area contributed by atoms with E-state index in [9.17, 15) is 0 Å². The highest BCUT2D eigenvalue weighted by atomic mass is 79.9. The SMILES string of the molecule is Brc1ccc(-c2n[nH]c(C3CCCCC3)n2)nc1. The Kier molecular flexibility index (Phi) is 3.41. The molecule has 0 bridgehead atoms. The van der Waals surface area contributed by atoms with Crippen LogP contribution in [0.3, 0.4) is 0 Å². The summed E-state index contributed by atoms with van der Waals surface area (Å²) >= 11 is 3.37. The van der Waals surface area contributed by atoms with E-state index in [4.69, 9.17) is 0 Å². The molecule has 0 atom stereocenters. The van der Waals surface area contributed by atoms with Crippen LogP contribution in [0.1, 0.15) is 43.8 Å². The molecular weight excluding hydrogens is 292 g/mol. The quantitative estimate of drug-likeness (QED) is 0.921. The first-order valence-electron chi connectivity index (χ1n) is 6.37. The highest BCUT2D eigenvalue weighted by Crippen LogP contribution is 2.31. The van der Waals surface area contributed by atoms with Gasteiger partial charge < -0.3 is 0 Å². The molecule has 94 valence electrons. The van der Waals surface area contributed by atoms with Crippen molar-refractivity contribution in [3.8, 4) is 11.5 Å². The van der Waals surface area contributed by atoms with Gasteiger partial charge in [-0.15, -0.1) is 0 Å². The number of aromatic nitrogens is 4. The fourth-order valence-corrected chi connectivity index (χ4v) is 2.69. The van der Waals surface area contributed by atoms with Crippen molar-refractivity contribution in [2.24, 2.45) is 0 Å². The lowest BCUT2D eigenvalue weighted by Crippen LogP contribution is -2.06. The van der Waals surface area contributed by atoms with Crippen molar-refractivity contribution in [1.29, 1.82) is 0 Å². The zero-order valence-electron chi connectivity index (χ0n) is 10.1. The Balaban J connectivity index is 1.82. The van der Waals surface area contributed by atoms with Crippen molar-refractivity contribution in [3.63, 3.8) is 0 Å². The second-order valence-corrected chi connectivity index (χ2v) is 5.66. The van der Waals surface area contributed by atoms with Crippen molar-refractivity contribution < 1.29 is 0 Å². The van der Waals surface area contributed by atoms with Gasteiger partial charge in [-0.1, -0.05) is 19.3 Å². The van der Waals surface area contributed by atoms with Crippen LogP contribution in [0.15, 0.2) is 22.8 Å². The van der Waals surface area contributed by atoms with Gasteiger partial charge in [0.1, 0.15) is 11.5 Å². The number of nitrogens with one attached hydrogen (secondary N) is 1. The third-order valence-corrected chi connectivity index (χ3v) is 3.92. The predicted molar refractivity (Wildman–Crippen MR) is 73.1 cm³/mol. The molecule has 1 N–H and O–H groups in total. The normalized spacial score (nSPS) is 16.9. The molecule has 2 heterocycles. The molecule has 0 aromatic carbocycles. The Hall–Kier alpha value is -1.23. The number of aromatic amines is 1. The molecule has 1 fully saturated rings. The van der Waals surface area contributed by atoms with Crippen molar-refractivity contribution in [3.05, 3.63) is 28.6 Å². The maximum Gasteiger partial charge on any atom is 0.199 e. The number of hydrogen-bond acceptors (Lipinski definition) is 3. The number of hydrogen-bond donors (Lipinski definition) is 1. The second-order valence-electron chi connectivity index (χ2n) is 4.74. The molecule has 1 aliphatic rings. The highest BCUT2D eigenvalue weighted by Gasteiger charge is 2.19. The molecule has 0 aliphatic heterocycles. The van der Waals surface area contributed by atoms with Crippen LogP contribution in [0.4, 0.5) is 0 Å². The van der Waals surface area contributed by atoms with Crippen LogP contribution in [-0.4, -0.2) is 20.2 Å². The highest BCUT2D eigenvalue weighted by molar-refractivity contribution is 9.10. The molecule has 3 rings (SSSR count). The molecule has 0 spiro atoms. The van der Waals surface area contributed by atoms with E-state index in [2.05, 4.69) is 36.1 Å². The summed E-state index contributed by atoms with van der Waals surface area (Å²) in [5.41, 5.74) is 0.816. The Morgan fingerprint density at radius 2 is 2.00 bits per heavy atom. The van der Waals surface area contributed by atoms with E-state index in [-0.39, 0.29) is 0 Å². The van der Waals surface area contributed by atoms with Crippen LogP contribution in [0.2, 0.25) is 0 Å². The van der Waals surface area contributed by atoms with Crippen LogP contribution >= 0.6 is 15.9 Å². The van der Waals surface area contributed by atoms with Gasteiger partial charge in [0.15, 0.2) is 5.82 Å². The first-order chi connectivity index (χ1) is 8.83. The third-order valence-electron chi connectivity index (χ3n) is 3.45. The predicted octanol–water partition coefficient (Wildman–Crippen LogP) is 3.68. The average molecular weight is 307 g/mol. The van der Waals surface area contributed by atoms with Gasteiger partial charge in [-0.3, -0.25) is 10.1 Å². The molecule has 2 aromatic rings. The maximum atomic E-state index is 4.59. The van der Waals surface area contributed by atoms with E-state index in [0.717, 1.165) is 16.0 Å². The fraction of sp³-hybridized carbons (Fsp3) is 0.462. The number of nitrogens with zero attached hydrogens (tertiary/aromatic N) is 3.